The predicted molar refractivity (Wildman–Crippen MR) is 135 cm³/mol. The van der Waals surface area contributed by atoms with Crippen molar-refractivity contribution in [2.45, 2.75) is 25.0 Å². The highest BCUT2D eigenvalue weighted by Gasteiger charge is 2.44. The molecule has 6 heterocycles. The van der Waals surface area contributed by atoms with Crippen molar-refractivity contribution in [2.24, 2.45) is 14.1 Å². The summed E-state index contributed by atoms with van der Waals surface area (Å²) in [6.45, 7) is 2.44. The fourth-order valence-electron chi connectivity index (χ4n) is 5.86. The van der Waals surface area contributed by atoms with Crippen LogP contribution in [0.2, 0.25) is 0 Å². The lowest BCUT2D eigenvalue weighted by atomic mass is 9.82. The summed E-state index contributed by atoms with van der Waals surface area (Å²) in [6, 6.07) is 12.7. The lowest BCUT2D eigenvalue weighted by molar-refractivity contribution is -0.0543. The number of hydrogen-bond acceptors (Lipinski definition) is 5. The number of anilines is 1. The molecule has 0 unspecified atom stereocenters. The maximum Gasteiger partial charge on any atom is 0.138 e. The van der Waals surface area contributed by atoms with Gasteiger partial charge in [-0.25, -0.2) is 4.98 Å². The molecule has 0 radical (unpaired) electrons. The number of rotatable bonds is 3. The molecule has 8 nitrogen and oxygen atoms in total. The van der Waals surface area contributed by atoms with E-state index in [1.807, 2.05) is 48.2 Å². The number of aryl methyl sites for hydroxylation is 2. The molecule has 1 aromatic carbocycles. The standard InChI is InChI=1S/C27H27N7O/c1-32-16-19(14-29-32)22-12-21-24-20(13-28-26(21)31-22)17-35-27(24)8-10-34(11-9-27)23-15-30-33(2)25(23)18-6-4-3-5-7-18/h3-7,12-16H,8-11,17H2,1-2H3,(H,28,31). The number of benzene rings is 1. The summed E-state index contributed by atoms with van der Waals surface area (Å²) in [5.74, 6) is 0. The third kappa shape index (κ3) is 3.13. The molecule has 1 spiro atoms. The summed E-state index contributed by atoms with van der Waals surface area (Å²) in [5, 5.41) is 10.1. The summed E-state index contributed by atoms with van der Waals surface area (Å²) >= 11 is 0. The number of fused-ring (bicyclic) bond motifs is 4. The first-order chi connectivity index (χ1) is 17.1. The van der Waals surface area contributed by atoms with E-state index in [9.17, 15) is 0 Å². The number of nitrogens with one attached hydrogen (secondary N) is 1. The molecule has 0 atom stereocenters. The highest BCUT2D eigenvalue weighted by Crippen LogP contribution is 2.48. The van der Waals surface area contributed by atoms with Crippen LogP contribution in [-0.2, 0) is 31.0 Å². The minimum Gasteiger partial charge on any atom is -0.368 e. The molecule has 8 heteroatoms. The van der Waals surface area contributed by atoms with E-state index in [4.69, 9.17) is 9.72 Å². The van der Waals surface area contributed by atoms with Crippen LogP contribution in [0, 0.1) is 0 Å². The molecule has 2 aliphatic rings. The molecule has 5 aromatic rings. The van der Waals surface area contributed by atoms with E-state index in [1.165, 1.54) is 27.8 Å². The van der Waals surface area contributed by atoms with Crippen LogP contribution in [0.3, 0.4) is 0 Å². The SMILES string of the molecule is Cn1cc(-c2cc3c4c(cnc3[nH]2)COC42CCN(c3cnn(C)c3-c3ccccc3)CC2)cn1. The second-order valence-electron chi connectivity index (χ2n) is 9.64. The van der Waals surface area contributed by atoms with Gasteiger partial charge in [0.05, 0.1) is 41.7 Å². The monoisotopic (exact) mass is 465 g/mol. The zero-order chi connectivity index (χ0) is 23.6. The largest absolute Gasteiger partial charge is 0.368 e. The number of H-pyrrole nitrogens is 1. The first-order valence-electron chi connectivity index (χ1n) is 12.1. The fraction of sp³-hybridized carbons (Fsp3) is 0.296. The summed E-state index contributed by atoms with van der Waals surface area (Å²) in [5.41, 5.74) is 8.78. The normalized spacial score (nSPS) is 16.9. The summed E-state index contributed by atoms with van der Waals surface area (Å²) < 4.78 is 10.4. The third-order valence-electron chi connectivity index (χ3n) is 7.59. The van der Waals surface area contributed by atoms with E-state index >= 15 is 0 Å². The molecular formula is C27H27N7O. The fourth-order valence-corrected chi connectivity index (χ4v) is 5.86. The predicted octanol–water partition coefficient (Wildman–Crippen LogP) is 4.39. The molecular weight excluding hydrogens is 438 g/mol. The van der Waals surface area contributed by atoms with Crippen LogP contribution in [0.5, 0.6) is 0 Å². The molecule has 0 amide bonds. The van der Waals surface area contributed by atoms with Crippen molar-refractivity contribution in [3.8, 4) is 22.5 Å². The first kappa shape index (κ1) is 20.5. The average Bonchev–Trinajstić information content (AvgIpc) is 3.66. The molecule has 35 heavy (non-hydrogen) atoms. The van der Waals surface area contributed by atoms with Gasteiger partial charge < -0.3 is 14.6 Å². The van der Waals surface area contributed by atoms with Gasteiger partial charge in [-0.05, 0) is 18.9 Å². The summed E-state index contributed by atoms with van der Waals surface area (Å²) in [4.78, 5) is 10.7. The van der Waals surface area contributed by atoms with Gasteiger partial charge in [-0.2, -0.15) is 10.2 Å². The molecule has 0 bridgehead atoms. The topological polar surface area (TPSA) is 76.8 Å². The average molecular weight is 466 g/mol. The van der Waals surface area contributed by atoms with Crippen LogP contribution >= 0.6 is 0 Å². The Hall–Kier alpha value is -3.91. The minimum atomic E-state index is -0.281. The van der Waals surface area contributed by atoms with Crippen molar-refractivity contribution in [1.29, 1.82) is 0 Å². The van der Waals surface area contributed by atoms with E-state index in [-0.39, 0.29) is 5.60 Å². The Morgan fingerprint density at radius 1 is 0.971 bits per heavy atom. The molecule has 0 aliphatic carbocycles. The van der Waals surface area contributed by atoms with Crippen molar-refractivity contribution in [2.75, 3.05) is 18.0 Å². The van der Waals surface area contributed by atoms with Gasteiger partial charge in [0.1, 0.15) is 5.65 Å². The van der Waals surface area contributed by atoms with E-state index in [0.29, 0.717) is 6.61 Å². The molecule has 0 saturated carbocycles. The number of hydrogen-bond donors (Lipinski definition) is 1. The van der Waals surface area contributed by atoms with Gasteiger partial charge in [0.25, 0.3) is 0 Å². The van der Waals surface area contributed by atoms with Crippen molar-refractivity contribution < 1.29 is 4.74 Å². The van der Waals surface area contributed by atoms with Crippen LogP contribution in [-0.4, -0.2) is 42.6 Å². The van der Waals surface area contributed by atoms with Gasteiger partial charge in [-0.3, -0.25) is 9.36 Å². The highest BCUT2D eigenvalue weighted by molar-refractivity contribution is 5.88. The Morgan fingerprint density at radius 3 is 2.57 bits per heavy atom. The van der Waals surface area contributed by atoms with Crippen LogP contribution in [0.1, 0.15) is 24.0 Å². The minimum absolute atomic E-state index is 0.281. The lowest BCUT2D eigenvalue weighted by Gasteiger charge is -2.40. The Bertz CT molecular complexity index is 1540. The Balaban J connectivity index is 1.22. The first-order valence-corrected chi connectivity index (χ1v) is 12.1. The van der Waals surface area contributed by atoms with Gasteiger partial charge in [0.15, 0.2) is 0 Å². The Morgan fingerprint density at radius 2 is 1.80 bits per heavy atom. The van der Waals surface area contributed by atoms with E-state index in [0.717, 1.165) is 48.5 Å². The Kier molecular flexibility index (Phi) is 4.41. The van der Waals surface area contributed by atoms with Gasteiger partial charge in [-0.15, -0.1) is 0 Å². The van der Waals surface area contributed by atoms with Crippen molar-refractivity contribution in [3.63, 3.8) is 0 Å². The molecule has 1 saturated heterocycles. The lowest BCUT2D eigenvalue weighted by Crippen LogP contribution is -2.42. The zero-order valence-electron chi connectivity index (χ0n) is 19.9. The quantitative estimate of drug-likeness (QED) is 0.428. The highest BCUT2D eigenvalue weighted by atomic mass is 16.5. The number of nitrogens with zero attached hydrogens (tertiary/aromatic N) is 6. The number of piperidine rings is 1. The van der Waals surface area contributed by atoms with Gasteiger partial charge in [0.2, 0.25) is 0 Å². The van der Waals surface area contributed by atoms with Crippen molar-refractivity contribution in [1.82, 2.24) is 29.5 Å². The zero-order valence-corrected chi connectivity index (χ0v) is 19.9. The molecule has 4 aromatic heterocycles. The number of pyridine rings is 1. The van der Waals surface area contributed by atoms with Crippen LogP contribution in [0.15, 0.2) is 61.2 Å². The molecule has 2 aliphatic heterocycles. The summed E-state index contributed by atoms with van der Waals surface area (Å²) in [7, 11) is 3.95. The number of aromatic nitrogens is 6. The van der Waals surface area contributed by atoms with Gasteiger partial charge in [0, 0.05) is 67.2 Å². The second-order valence-corrected chi connectivity index (χ2v) is 9.64. The number of ether oxygens (including phenoxy) is 1. The second kappa shape index (κ2) is 7.55. The molecule has 7 rings (SSSR count). The van der Waals surface area contributed by atoms with E-state index in [2.05, 4.69) is 56.5 Å². The van der Waals surface area contributed by atoms with Crippen LogP contribution in [0.4, 0.5) is 5.69 Å². The third-order valence-corrected chi connectivity index (χ3v) is 7.59. The van der Waals surface area contributed by atoms with Gasteiger partial charge in [-0.1, -0.05) is 30.3 Å². The van der Waals surface area contributed by atoms with Crippen molar-refractivity contribution >= 4 is 16.7 Å². The smallest absolute Gasteiger partial charge is 0.138 e. The summed E-state index contributed by atoms with van der Waals surface area (Å²) in [6.07, 6.45) is 9.74. The van der Waals surface area contributed by atoms with Crippen LogP contribution < -0.4 is 4.90 Å². The maximum absolute atomic E-state index is 6.57. The van der Waals surface area contributed by atoms with E-state index < -0.39 is 0 Å². The molecule has 176 valence electrons. The van der Waals surface area contributed by atoms with E-state index in [1.54, 1.807) is 0 Å². The Labute approximate surface area is 203 Å². The van der Waals surface area contributed by atoms with Crippen molar-refractivity contribution in [3.05, 3.63) is 72.3 Å². The van der Waals surface area contributed by atoms with Crippen LogP contribution in [0.25, 0.3) is 33.5 Å². The van der Waals surface area contributed by atoms with Gasteiger partial charge >= 0.3 is 0 Å². The number of aromatic amines is 1. The molecule has 1 fully saturated rings. The maximum atomic E-state index is 6.57. The molecule has 1 N–H and O–H groups in total.